The molecule has 0 saturated carbocycles. The molecule has 8 heteroatoms. The molecule has 3 aromatic heterocycles. The average molecular weight is 421 g/mol. The van der Waals surface area contributed by atoms with Crippen LogP contribution in [-0.4, -0.2) is 43.5 Å². The summed E-state index contributed by atoms with van der Waals surface area (Å²) < 4.78 is 2.22. The highest BCUT2D eigenvalue weighted by molar-refractivity contribution is 7.17. The molecule has 1 atom stereocenters. The maximum absolute atomic E-state index is 12.8. The Morgan fingerprint density at radius 3 is 2.83 bits per heavy atom. The molecule has 0 radical (unpaired) electrons. The predicted octanol–water partition coefficient (Wildman–Crippen LogP) is 4.50. The zero-order valence-corrected chi connectivity index (χ0v) is 17.9. The Morgan fingerprint density at radius 1 is 1.23 bits per heavy atom. The number of likely N-dealkylation sites (tertiary alicyclic amines) is 1. The fourth-order valence-electron chi connectivity index (χ4n) is 4.14. The molecule has 0 spiro atoms. The molecule has 1 aliphatic rings. The number of aryl methyl sites for hydroxylation is 2. The molecule has 1 saturated heterocycles. The number of benzene rings is 1. The highest BCUT2D eigenvalue weighted by atomic mass is 32.1. The number of aromatic amines is 1. The van der Waals surface area contributed by atoms with Gasteiger partial charge in [-0.05, 0) is 44.9 Å². The van der Waals surface area contributed by atoms with Gasteiger partial charge in [0.2, 0.25) is 5.95 Å². The minimum atomic E-state index is 0.00817. The summed E-state index contributed by atoms with van der Waals surface area (Å²) in [5.74, 6) is 1.06. The molecule has 1 aromatic carbocycles. The third-order valence-electron chi connectivity index (χ3n) is 5.81. The number of carbonyl (C=O) groups excluding carboxylic acids is 1. The Hall–Kier alpha value is -3.13. The highest BCUT2D eigenvalue weighted by Crippen LogP contribution is 2.37. The van der Waals surface area contributed by atoms with Crippen LogP contribution in [0.4, 0.5) is 11.6 Å². The highest BCUT2D eigenvalue weighted by Gasteiger charge is 2.30. The minimum absolute atomic E-state index is 0.00817. The molecule has 2 N–H and O–H groups in total. The first-order chi connectivity index (χ1) is 14.6. The number of nitrogens with zero attached hydrogens (tertiary/aromatic N) is 4. The van der Waals surface area contributed by atoms with E-state index in [4.69, 9.17) is 4.98 Å². The SMILES string of the molecule is Cc1sc2c(C3CCCN(C(=O)c4ccn[nH]4)C3)nc(Nc3ccccc3)n2c1C. The lowest BCUT2D eigenvalue weighted by Crippen LogP contribution is -2.39. The zero-order chi connectivity index (χ0) is 20.7. The van der Waals surface area contributed by atoms with E-state index in [-0.39, 0.29) is 11.8 Å². The van der Waals surface area contributed by atoms with E-state index >= 15 is 0 Å². The van der Waals surface area contributed by atoms with E-state index in [2.05, 4.69) is 33.8 Å². The third kappa shape index (κ3) is 3.27. The fraction of sp³-hybridized carbons (Fsp3) is 0.318. The largest absolute Gasteiger partial charge is 0.337 e. The van der Waals surface area contributed by atoms with Gasteiger partial charge in [-0.1, -0.05) is 18.2 Å². The number of amides is 1. The van der Waals surface area contributed by atoms with Crippen LogP contribution in [0.2, 0.25) is 0 Å². The van der Waals surface area contributed by atoms with Crippen molar-refractivity contribution in [3.05, 3.63) is 64.6 Å². The van der Waals surface area contributed by atoms with Gasteiger partial charge in [-0.15, -0.1) is 11.3 Å². The molecule has 30 heavy (non-hydrogen) atoms. The number of imidazole rings is 1. The second-order valence-corrected chi connectivity index (χ2v) is 8.96. The number of nitrogens with one attached hydrogen (secondary N) is 2. The summed E-state index contributed by atoms with van der Waals surface area (Å²) in [5.41, 5.74) is 3.84. The Bertz CT molecular complexity index is 1180. The van der Waals surface area contributed by atoms with E-state index < -0.39 is 0 Å². The van der Waals surface area contributed by atoms with Crippen molar-refractivity contribution in [1.29, 1.82) is 0 Å². The number of hydrogen-bond donors (Lipinski definition) is 2. The maximum Gasteiger partial charge on any atom is 0.271 e. The number of hydrogen-bond acceptors (Lipinski definition) is 5. The van der Waals surface area contributed by atoms with Crippen LogP contribution < -0.4 is 5.32 Å². The molecular weight excluding hydrogens is 396 g/mol. The third-order valence-corrected chi connectivity index (χ3v) is 7.00. The van der Waals surface area contributed by atoms with Gasteiger partial charge in [0.15, 0.2) is 0 Å². The van der Waals surface area contributed by atoms with Gasteiger partial charge in [-0.2, -0.15) is 5.10 Å². The number of fused-ring (bicyclic) bond motifs is 1. The predicted molar refractivity (Wildman–Crippen MR) is 119 cm³/mol. The van der Waals surface area contributed by atoms with E-state index in [1.54, 1.807) is 23.6 Å². The number of thiazole rings is 1. The van der Waals surface area contributed by atoms with E-state index in [1.165, 1.54) is 15.4 Å². The second-order valence-electron chi connectivity index (χ2n) is 7.76. The summed E-state index contributed by atoms with van der Waals surface area (Å²) in [6, 6.07) is 11.8. The molecule has 1 fully saturated rings. The van der Waals surface area contributed by atoms with E-state index in [0.29, 0.717) is 12.2 Å². The number of para-hydroxylation sites is 1. The molecule has 1 unspecified atom stereocenters. The fourth-order valence-corrected chi connectivity index (χ4v) is 5.30. The molecular formula is C22H24N6OS. The van der Waals surface area contributed by atoms with Gasteiger partial charge in [-0.25, -0.2) is 4.98 Å². The zero-order valence-electron chi connectivity index (χ0n) is 17.1. The van der Waals surface area contributed by atoms with Crippen molar-refractivity contribution in [3.8, 4) is 0 Å². The molecule has 1 aliphatic heterocycles. The van der Waals surface area contributed by atoms with Crippen LogP contribution in [0.25, 0.3) is 4.83 Å². The average Bonchev–Trinajstić information content (AvgIpc) is 3.48. The molecule has 0 aliphatic carbocycles. The topological polar surface area (TPSA) is 78.3 Å². The van der Waals surface area contributed by atoms with Crippen LogP contribution in [0.3, 0.4) is 0 Å². The molecule has 0 bridgehead atoms. The second kappa shape index (κ2) is 7.60. The van der Waals surface area contributed by atoms with Crippen molar-refractivity contribution in [2.75, 3.05) is 18.4 Å². The minimum Gasteiger partial charge on any atom is -0.337 e. The summed E-state index contributed by atoms with van der Waals surface area (Å²) in [7, 11) is 0. The van der Waals surface area contributed by atoms with Crippen molar-refractivity contribution in [2.24, 2.45) is 0 Å². The van der Waals surface area contributed by atoms with E-state index in [1.807, 2.05) is 35.2 Å². The van der Waals surface area contributed by atoms with Crippen LogP contribution >= 0.6 is 11.3 Å². The Kier molecular flexibility index (Phi) is 4.78. The van der Waals surface area contributed by atoms with Gasteiger partial charge in [0.05, 0.1) is 5.69 Å². The first kappa shape index (κ1) is 18.9. The summed E-state index contributed by atoms with van der Waals surface area (Å²) in [5, 5.41) is 10.2. The number of piperidine rings is 1. The van der Waals surface area contributed by atoms with Crippen LogP contribution in [0.5, 0.6) is 0 Å². The van der Waals surface area contributed by atoms with Gasteiger partial charge in [-0.3, -0.25) is 14.3 Å². The molecule has 7 nitrogen and oxygen atoms in total. The first-order valence-corrected chi connectivity index (χ1v) is 11.0. The lowest BCUT2D eigenvalue weighted by atomic mass is 9.95. The van der Waals surface area contributed by atoms with Crippen molar-refractivity contribution < 1.29 is 4.79 Å². The van der Waals surface area contributed by atoms with Gasteiger partial charge >= 0.3 is 0 Å². The summed E-state index contributed by atoms with van der Waals surface area (Å²) >= 11 is 1.78. The van der Waals surface area contributed by atoms with Crippen LogP contribution in [-0.2, 0) is 0 Å². The molecule has 1 amide bonds. The Labute approximate surface area is 178 Å². The van der Waals surface area contributed by atoms with Crippen molar-refractivity contribution in [3.63, 3.8) is 0 Å². The Balaban J connectivity index is 1.49. The van der Waals surface area contributed by atoms with E-state index in [0.717, 1.165) is 36.7 Å². The van der Waals surface area contributed by atoms with Crippen LogP contribution in [0, 0.1) is 13.8 Å². The lowest BCUT2D eigenvalue weighted by Gasteiger charge is -2.31. The van der Waals surface area contributed by atoms with Gasteiger partial charge in [0.25, 0.3) is 5.91 Å². The summed E-state index contributed by atoms with van der Waals surface area (Å²) in [6.07, 6.45) is 3.61. The summed E-state index contributed by atoms with van der Waals surface area (Å²) in [6.45, 7) is 5.72. The molecule has 154 valence electrons. The van der Waals surface area contributed by atoms with Gasteiger partial charge < -0.3 is 10.2 Å². The number of H-pyrrole nitrogens is 1. The maximum atomic E-state index is 12.8. The monoisotopic (exact) mass is 420 g/mol. The van der Waals surface area contributed by atoms with Crippen molar-refractivity contribution in [2.45, 2.75) is 32.6 Å². The van der Waals surface area contributed by atoms with E-state index in [9.17, 15) is 4.79 Å². The van der Waals surface area contributed by atoms with Crippen LogP contribution in [0.15, 0.2) is 42.6 Å². The molecule has 4 aromatic rings. The normalized spacial score (nSPS) is 16.9. The van der Waals surface area contributed by atoms with Crippen molar-refractivity contribution >= 4 is 33.7 Å². The van der Waals surface area contributed by atoms with Crippen LogP contribution in [0.1, 0.15) is 45.5 Å². The number of aromatic nitrogens is 4. The van der Waals surface area contributed by atoms with Gasteiger partial charge in [0.1, 0.15) is 10.5 Å². The molecule has 4 heterocycles. The summed E-state index contributed by atoms with van der Waals surface area (Å²) in [4.78, 5) is 22.2. The first-order valence-electron chi connectivity index (χ1n) is 10.2. The lowest BCUT2D eigenvalue weighted by molar-refractivity contribution is 0.0700. The smallest absolute Gasteiger partial charge is 0.271 e. The standard InChI is InChI=1S/C22H24N6OS/c1-14-15(2)30-21-19(25-22(28(14)21)24-17-8-4-3-5-9-17)16-7-6-12-27(13-16)20(29)18-10-11-23-26-18/h3-5,8-11,16H,6-7,12-13H2,1-2H3,(H,23,26)(H,24,25). The number of anilines is 2. The quantitative estimate of drug-likeness (QED) is 0.510. The van der Waals surface area contributed by atoms with Gasteiger partial charge in [0, 0.05) is 41.5 Å². The number of rotatable bonds is 4. The number of carbonyl (C=O) groups is 1. The molecule has 5 rings (SSSR count). The van der Waals surface area contributed by atoms with Crippen molar-refractivity contribution in [1.82, 2.24) is 24.5 Å². The Morgan fingerprint density at radius 2 is 2.07 bits per heavy atom.